The number of nitro benzene ring substituents is 1. The Morgan fingerprint density at radius 3 is 2.14 bits per heavy atom. The number of hydrogen-bond donors (Lipinski definition) is 1. The van der Waals surface area contributed by atoms with Crippen molar-refractivity contribution >= 4 is 33.2 Å². The highest BCUT2D eigenvalue weighted by Crippen LogP contribution is 2.28. The number of likely N-dealkylation sites (N-methyl/N-ethyl adjacent to an activating group) is 1. The highest BCUT2D eigenvalue weighted by Gasteiger charge is 2.34. The van der Waals surface area contributed by atoms with Crippen LogP contribution in [0.1, 0.15) is 18.1 Å². The molecule has 0 fully saturated rings. The maximum Gasteiger partial charge on any atom is 0.271 e. The predicted molar refractivity (Wildman–Crippen MR) is 164 cm³/mol. The quantitative estimate of drug-likeness (QED) is 0.171. The Morgan fingerprint density at radius 1 is 0.886 bits per heavy atom. The Balaban J connectivity index is 1.81. The lowest BCUT2D eigenvalue weighted by Gasteiger charge is -2.33. The first kappa shape index (κ1) is 31.8. The van der Waals surface area contributed by atoms with E-state index in [0.717, 1.165) is 15.9 Å². The maximum absolute atomic E-state index is 14.3. The van der Waals surface area contributed by atoms with E-state index in [9.17, 15) is 32.5 Å². The number of rotatable bonds is 13. The van der Waals surface area contributed by atoms with Crippen LogP contribution >= 0.6 is 0 Å². The van der Waals surface area contributed by atoms with E-state index < -0.39 is 45.2 Å². The van der Waals surface area contributed by atoms with Gasteiger partial charge in [-0.1, -0.05) is 66.7 Å². The molecule has 4 rings (SSSR count). The fraction of sp³-hybridized carbons (Fsp3) is 0.188. The van der Waals surface area contributed by atoms with Crippen molar-refractivity contribution in [3.63, 3.8) is 0 Å². The second-order valence-electron chi connectivity index (χ2n) is 9.85. The molecule has 0 heterocycles. The molecule has 228 valence electrons. The van der Waals surface area contributed by atoms with Gasteiger partial charge < -0.3 is 10.2 Å². The predicted octanol–water partition coefficient (Wildman–Crippen LogP) is 4.71. The lowest BCUT2D eigenvalue weighted by Crippen LogP contribution is -2.53. The number of carbonyl (C=O) groups is 2. The number of halogens is 1. The van der Waals surface area contributed by atoms with E-state index in [1.807, 2.05) is 18.2 Å². The summed E-state index contributed by atoms with van der Waals surface area (Å²) in [6, 6.07) is 25.7. The van der Waals surface area contributed by atoms with Crippen molar-refractivity contribution < 1.29 is 27.3 Å². The number of amides is 2. The molecule has 0 unspecified atom stereocenters. The summed E-state index contributed by atoms with van der Waals surface area (Å²) in [6.45, 7) is 1.11. The fourth-order valence-corrected chi connectivity index (χ4v) is 6.07. The average Bonchev–Trinajstić information content (AvgIpc) is 3.03. The van der Waals surface area contributed by atoms with E-state index in [1.54, 1.807) is 25.1 Å². The van der Waals surface area contributed by atoms with Crippen LogP contribution in [-0.2, 0) is 32.6 Å². The van der Waals surface area contributed by atoms with Gasteiger partial charge >= 0.3 is 0 Å². The van der Waals surface area contributed by atoms with Crippen LogP contribution in [0.4, 0.5) is 15.8 Å². The molecule has 0 aliphatic rings. The van der Waals surface area contributed by atoms with Gasteiger partial charge in [0.1, 0.15) is 18.4 Å². The van der Waals surface area contributed by atoms with Crippen molar-refractivity contribution in [2.24, 2.45) is 0 Å². The van der Waals surface area contributed by atoms with Gasteiger partial charge in [-0.05, 0) is 48.4 Å². The molecule has 4 aromatic carbocycles. The number of carbonyl (C=O) groups excluding carboxylic acids is 2. The van der Waals surface area contributed by atoms with Crippen LogP contribution < -0.4 is 9.62 Å². The Bertz CT molecular complexity index is 1700. The zero-order valence-electron chi connectivity index (χ0n) is 23.9. The molecule has 10 nitrogen and oxygen atoms in total. The maximum atomic E-state index is 14.3. The van der Waals surface area contributed by atoms with Crippen LogP contribution in [0.25, 0.3) is 0 Å². The van der Waals surface area contributed by atoms with Crippen molar-refractivity contribution in [3.05, 3.63) is 136 Å². The molecule has 0 radical (unpaired) electrons. The van der Waals surface area contributed by atoms with Crippen LogP contribution in [0, 0.1) is 15.9 Å². The molecule has 0 bridgehead atoms. The monoisotopic (exact) mass is 618 g/mol. The molecular formula is C32H31FN4O6S. The second-order valence-corrected chi connectivity index (χ2v) is 11.7. The number of sulfonamides is 1. The van der Waals surface area contributed by atoms with Crippen molar-refractivity contribution in [3.8, 4) is 0 Å². The van der Waals surface area contributed by atoms with Crippen LogP contribution in [0.5, 0.6) is 0 Å². The summed E-state index contributed by atoms with van der Waals surface area (Å²) in [4.78, 5) is 39.7. The van der Waals surface area contributed by atoms with Gasteiger partial charge in [0.25, 0.3) is 15.7 Å². The van der Waals surface area contributed by atoms with E-state index in [-0.39, 0.29) is 35.8 Å². The van der Waals surface area contributed by atoms with Crippen LogP contribution in [0.15, 0.2) is 114 Å². The molecule has 0 aromatic heterocycles. The van der Waals surface area contributed by atoms with Crippen molar-refractivity contribution in [1.82, 2.24) is 10.2 Å². The van der Waals surface area contributed by atoms with Gasteiger partial charge in [0, 0.05) is 31.6 Å². The third-order valence-corrected chi connectivity index (χ3v) is 8.61. The minimum Gasteiger partial charge on any atom is -0.355 e. The first-order valence-corrected chi connectivity index (χ1v) is 15.2. The molecule has 4 aromatic rings. The highest BCUT2D eigenvalue weighted by molar-refractivity contribution is 7.92. The molecule has 44 heavy (non-hydrogen) atoms. The summed E-state index contributed by atoms with van der Waals surface area (Å²) < 4.78 is 42.4. The van der Waals surface area contributed by atoms with Gasteiger partial charge in [-0.15, -0.1) is 0 Å². The second kappa shape index (κ2) is 14.4. The number of nitrogens with one attached hydrogen (secondary N) is 1. The minimum atomic E-state index is -4.41. The smallest absolute Gasteiger partial charge is 0.271 e. The lowest BCUT2D eigenvalue weighted by atomic mass is 10.0. The summed E-state index contributed by atoms with van der Waals surface area (Å²) in [7, 11) is -4.41. The van der Waals surface area contributed by atoms with Crippen molar-refractivity contribution in [2.75, 3.05) is 17.4 Å². The largest absolute Gasteiger partial charge is 0.355 e. The molecule has 0 aliphatic carbocycles. The van der Waals surface area contributed by atoms with Gasteiger partial charge in [0.2, 0.25) is 11.8 Å². The summed E-state index contributed by atoms with van der Waals surface area (Å²) >= 11 is 0. The average molecular weight is 619 g/mol. The molecular weight excluding hydrogens is 587 g/mol. The third kappa shape index (κ3) is 7.84. The zero-order chi connectivity index (χ0) is 31.7. The summed E-state index contributed by atoms with van der Waals surface area (Å²) in [5, 5.41) is 14.3. The molecule has 2 amide bonds. The Hall–Kier alpha value is -5.10. The number of nitrogens with zero attached hydrogens (tertiary/aromatic N) is 3. The van der Waals surface area contributed by atoms with Crippen molar-refractivity contribution in [1.29, 1.82) is 0 Å². The number of non-ortho nitro benzene ring substituents is 1. The van der Waals surface area contributed by atoms with Crippen LogP contribution in [0.3, 0.4) is 0 Å². The minimum absolute atomic E-state index is 0.101. The first-order valence-electron chi connectivity index (χ1n) is 13.8. The third-order valence-electron chi connectivity index (χ3n) is 6.83. The molecule has 0 saturated carbocycles. The number of anilines is 1. The summed E-state index contributed by atoms with van der Waals surface area (Å²) in [5.74, 6) is -1.69. The van der Waals surface area contributed by atoms with Gasteiger partial charge in [-0.3, -0.25) is 24.0 Å². The highest BCUT2D eigenvalue weighted by atomic mass is 32.2. The van der Waals surface area contributed by atoms with Crippen LogP contribution in [0.2, 0.25) is 0 Å². The zero-order valence-corrected chi connectivity index (χ0v) is 24.7. The van der Waals surface area contributed by atoms with E-state index in [0.29, 0.717) is 5.56 Å². The SMILES string of the molecule is CCNC(=O)[C@@H](Cc1ccccc1)N(Cc1ccc(F)cc1)C(=O)CN(c1cccc([N+](=O)[O-])c1)S(=O)(=O)c1ccccc1. The van der Waals surface area contributed by atoms with Gasteiger partial charge in [0.15, 0.2) is 0 Å². The number of hydrogen-bond acceptors (Lipinski definition) is 6. The lowest BCUT2D eigenvalue weighted by molar-refractivity contribution is -0.384. The van der Waals surface area contributed by atoms with Gasteiger partial charge in [-0.2, -0.15) is 0 Å². The molecule has 12 heteroatoms. The Labute approximate surface area is 254 Å². The van der Waals surface area contributed by atoms with Crippen LogP contribution in [-0.4, -0.2) is 49.2 Å². The molecule has 0 aliphatic heterocycles. The van der Waals surface area contributed by atoms with E-state index in [2.05, 4.69) is 5.32 Å². The standard InChI is InChI=1S/C32H31FN4O6S/c1-2-34-32(39)30(20-24-10-5-3-6-11-24)35(22-25-16-18-26(33)19-17-25)31(38)23-36(27-12-9-13-28(21-27)37(40)41)44(42,43)29-14-7-4-8-15-29/h3-19,21,30H,2,20,22-23H2,1H3,(H,34,39)/t30-/m1/s1. The Morgan fingerprint density at radius 2 is 1.52 bits per heavy atom. The van der Waals surface area contributed by atoms with Gasteiger partial charge in [0.05, 0.1) is 15.5 Å². The van der Waals surface area contributed by atoms with Crippen molar-refractivity contribution in [2.45, 2.75) is 30.8 Å². The number of nitro groups is 1. The topological polar surface area (TPSA) is 130 Å². The van der Waals surface area contributed by atoms with Gasteiger partial charge in [-0.25, -0.2) is 12.8 Å². The first-order chi connectivity index (χ1) is 21.1. The molecule has 1 atom stereocenters. The number of benzene rings is 4. The Kier molecular flexibility index (Phi) is 10.4. The van der Waals surface area contributed by atoms with E-state index in [4.69, 9.17) is 0 Å². The molecule has 0 saturated heterocycles. The summed E-state index contributed by atoms with van der Waals surface area (Å²) in [6.07, 6.45) is 0.113. The molecule has 0 spiro atoms. The molecule has 1 N–H and O–H groups in total. The fourth-order valence-electron chi connectivity index (χ4n) is 4.64. The normalized spacial score (nSPS) is 11.8. The van der Waals surface area contributed by atoms with E-state index >= 15 is 0 Å². The van der Waals surface area contributed by atoms with E-state index in [1.165, 1.54) is 71.6 Å². The summed E-state index contributed by atoms with van der Waals surface area (Å²) in [5.41, 5.74) is 0.800.